The van der Waals surface area contributed by atoms with Crippen molar-refractivity contribution in [2.45, 2.75) is 86.0 Å². The zero-order valence-electron chi connectivity index (χ0n) is 21.4. The molecule has 0 bridgehead atoms. The molecule has 0 N–H and O–H groups in total. The molecule has 3 rings (SSSR count). The van der Waals surface area contributed by atoms with Crippen LogP contribution in [-0.2, 0) is 12.8 Å². The molecular formula is C32H46. The van der Waals surface area contributed by atoms with E-state index in [0.29, 0.717) is 0 Å². The second-order valence-electron chi connectivity index (χ2n) is 11.0. The van der Waals surface area contributed by atoms with Crippen LogP contribution in [-0.4, -0.2) is 0 Å². The first kappa shape index (κ1) is 24.8. The van der Waals surface area contributed by atoms with Crippen molar-refractivity contribution >= 4 is 0 Å². The Morgan fingerprint density at radius 2 is 1.62 bits per heavy atom. The van der Waals surface area contributed by atoms with Gasteiger partial charge in [0.15, 0.2) is 0 Å². The van der Waals surface area contributed by atoms with E-state index in [2.05, 4.69) is 89.7 Å². The fourth-order valence-corrected chi connectivity index (χ4v) is 5.82. The first-order chi connectivity index (χ1) is 15.3. The first-order valence-electron chi connectivity index (χ1n) is 13.1. The monoisotopic (exact) mass is 430 g/mol. The van der Waals surface area contributed by atoms with E-state index in [4.69, 9.17) is 0 Å². The Balaban J connectivity index is 1.62. The van der Waals surface area contributed by atoms with E-state index in [1.165, 1.54) is 66.4 Å². The van der Waals surface area contributed by atoms with Crippen molar-refractivity contribution in [3.05, 3.63) is 82.9 Å². The average Bonchev–Trinajstić information content (AvgIpc) is 2.79. The van der Waals surface area contributed by atoms with Gasteiger partial charge in [0.1, 0.15) is 0 Å². The number of hydrogen-bond acceptors (Lipinski definition) is 0. The largest absolute Gasteiger partial charge is 0.0998 e. The van der Waals surface area contributed by atoms with Gasteiger partial charge >= 0.3 is 0 Å². The Hall–Kier alpha value is -1.82. The fraction of sp³-hybridized carbons (Fsp3) is 0.562. The molecule has 0 saturated heterocycles. The van der Waals surface area contributed by atoms with Crippen molar-refractivity contribution in [1.82, 2.24) is 0 Å². The average molecular weight is 431 g/mol. The van der Waals surface area contributed by atoms with Gasteiger partial charge in [-0.1, -0.05) is 87.9 Å². The third-order valence-electron chi connectivity index (χ3n) is 8.70. The lowest BCUT2D eigenvalue weighted by Gasteiger charge is -2.40. The van der Waals surface area contributed by atoms with Crippen LogP contribution in [0.25, 0.3) is 0 Å². The topological polar surface area (TPSA) is 0 Å². The van der Waals surface area contributed by atoms with Gasteiger partial charge in [-0.05, 0) is 111 Å². The zero-order valence-corrected chi connectivity index (χ0v) is 21.4. The quantitative estimate of drug-likeness (QED) is 0.330. The van der Waals surface area contributed by atoms with Gasteiger partial charge in [-0.2, -0.15) is 0 Å². The maximum absolute atomic E-state index is 4.53. The van der Waals surface area contributed by atoms with Crippen LogP contribution in [0.4, 0.5) is 0 Å². The zero-order chi connectivity index (χ0) is 23.1. The molecular weight excluding hydrogens is 384 g/mol. The maximum atomic E-state index is 4.53. The summed E-state index contributed by atoms with van der Waals surface area (Å²) in [6.45, 7) is 16.5. The van der Waals surface area contributed by atoms with Crippen LogP contribution >= 0.6 is 0 Å². The van der Waals surface area contributed by atoms with Crippen LogP contribution in [0.1, 0.15) is 81.5 Å². The molecule has 5 atom stereocenters. The summed E-state index contributed by atoms with van der Waals surface area (Å²) in [4.78, 5) is 0. The lowest BCUT2D eigenvalue weighted by molar-refractivity contribution is 0.104. The summed E-state index contributed by atoms with van der Waals surface area (Å²) in [5.74, 6) is 4.23. The smallest absolute Gasteiger partial charge is 0.0242 e. The van der Waals surface area contributed by atoms with Gasteiger partial charge in [0, 0.05) is 0 Å². The summed E-state index contributed by atoms with van der Waals surface area (Å²) >= 11 is 0. The van der Waals surface area contributed by atoms with Crippen LogP contribution in [0.5, 0.6) is 0 Å². The minimum absolute atomic E-state index is 0.757. The van der Waals surface area contributed by atoms with E-state index in [0.717, 1.165) is 42.4 Å². The van der Waals surface area contributed by atoms with E-state index < -0.39 is 0 Å². The predicted molar refractivity (Wildman–Crippen MR) is 141 cm³/mol. The van der Waals surface area contributed by atoms with Crippen molar-refractivity contribution in [2.75, 3.05) is 0 Å². The SMILES string of the molecule is C=C(CCc1ccccc1)CC(CCc1ccc(C)c(C)c1)C[C@@H]1CC[C@@H](C)[C@H](C)[C@H]1C. The van der Waals surface area contributed by atoms with Gasteiger partial charge in [0.05, 0.1) is 0 Å². The standard InChI is InChI=1S/C32H46/c1-23(12-15-29-10-8-7-9-11-29)20-31(18-17-30-16-13-24(2)26(4)21-30)22-32-19-14-25(3)27(5)28(32)6/h7-11,13,16,21,25,27-28,31-32H,1,12,14-15,17-20,22H2,2-6H3/t25-,27+,28-,31?,32+/m1/s1. The summed E-state index contributed by atoms with van der Waals surface area (Å²) in [5, 5.41) is 0. The number of rotatable bonds is 10. The molecule has 1 saturated carbocycles. The molecule has 1 aliphatic rings. The number of hydrogen-bond donors (Lipinski definition) is 0. The van der Waals surface area contributed by atoms with Gasteiger partial charge in [0.2, 0.25) is 0 Å². The predicted octanol–water partition coefficient (Wildman–Crippen LogP) is 9.14. The van der Waals surface area contributed by atoms with Crippen molar-refractivity contribution < 1.29 is 0 Å². The highest BCUT2D eigenvalue weighted by atomic mass is 14.4. The minimum atomic E-state index is 0.757. The van der Waals surface area contributed by atoms with E-state index in [1.54, 1.807) is 0 Å². The maximum Gasteiger partial charge on any atom is -0.0242 e. The molecule has 174 valence electrons. The molecule has 2 aromatic rings. The van der Waals surface area contributed by atoms with Crippen LogP contribution in [0.15, 0.2) is 60.7 Å². The molecule has 2 aromatic carbocycles. The van der Waals surface area contributed by atoms with Crippen molar-refractivity contribution in [1.29, 1.82) is 0 Å². The minimum Gasteiger partial charge on any atom is -0.0998 e. The Morgan fingerprint density at radius 1 is 0.875 bits per heavy atom. The molecule has 1 aliphatic carbocycles. The number of benzene rings is 2. The number of aryl methyl sites for hydroxylation is 4. The molecule has 0 aromatic heterocycles. The van der Waals surface area contributed by atoms with Gasteiger partial charge < -0.3 is 0 Å². The molecule has 1 unspecified atom stereocenters. The normalized spacial score (nSPS) is 24.3. The van der Waals surface area contributed by atoms with Crippen LogP contribution in [0.3, 0.4) is 0 Å². The summed E-state index contributed by atoms with van der Waals surface area (Å²) < 4.78 is 0. The van der Waals surface area contributed by atoms with Gasteiger partial charge in [-0.15, -0.1) is 0 Å². The highest BCUT2D eigenvalue weighted by Gasteiger charge is 2.33. The highest BCUT2D eigenvalue weighted by Crippen LogP contribution is 2.42. The molecule has 1 fully saturated rings. The summed E-state index contributed by atoms with van der Waals surface area (Å²) in [6, 6.07) is 17.9. The van der Waals surface area contributed by atoms with E-state index in [9.17, 15) is 0 Å². The first-order valence-corrected chi connectivity index (χ1v) is 13.1. The fourth-order valence-electron chi connectivity index (χ4n) is 5.82. The third kappa shape index (κ3) is 7.09. The van der Waals surface area contributed by atoms with E-state index >= 15 is 0 Å². The van der Waals surface area contributed by atoms with Crippen molar-refractivity contribution in [2.24, 2.45) is 29.6 Å². The Kier molecular flexibility index (Phi) is 9.21. The van der Waals surface area contributed by atoms with Gasteiger partial charge in [-0.25, -0.2) is 0 Å². The molecule has 0 nitrogen and oxygen atoms in total. The highest BCUT2D eigenvalue weighted by molar-refractivity contribution is 5.30. The molecule has 0 radical (unpaired) electrons. The summed E-state index contributed by atoms with van der Waals surface area (Å²) in [6.07, 6.45) is 10.1. The molecule has 0 spiro atoms. The Labute approximate surface area is 198 Å². The Morgan fingerprint density at radius 3 is 2.34 bits per heavy atom. The summed E-state index contributed by atoms with van der Waals surface area (Å²) in [7, 11) is 0. The molecule has 0 heteroatoms. The van der Waals surface area contributed by atoms with Crippen molar-refractivity contribution in [3.63, 3.8) is 0 Å². The lowest BCUT2D eigenvalue weighted by atomic mass is 9.66. The molecule has 32 heavy (non-hydrogen) atoms. The molecule has 0 aliphatic heterocycles. The van der Waals surface area contributed by atoms with Crippen molar-refractivity contribution in [3.8, 4) is 0 Å². The van der Waals surface area contributed by atoms with E-state index in [1.807, 2.05) is 0 Å². The van der Waals surface area contributed by atoms with Gasteiger partial charge in [-0.3, -0.25) is 0 Å². The van der Waals surface area contributed by atoms with Gasteiger partial charge in [0.25, 0.3) is 0 Å². The second-order valence-corrected chi connectivity index (χ2v) is 11.0. The molecule has 0 heterocycles. The second kappa shape index (κ2) is 11.9. The van der Waals surface area contributed by atoms with Crippen LogP contribution < -0.4 is 0 Å². The van der Waals surface area contributed by atoms with E-state index in [-0.39, 0.29) is 0 Å². The Bertz CT molecular complexity index is 846. The number of allylic oxidation sites excluding steroid dienone is 1. The third-order valence-corrected chi connectivity index (χ3v) is 8.70. The van der Waals surface area contributed by atoms with Crippen LogP contribution in [0, 0.1) is 43.4 Å². The lowest BCUT2D eigenvalue weighted by Crippen LogP contribution is -2.31. The van der Waals surface area contributed by atoms with Crippen LogP contribution in [0.2, 0.25) is 0 Å². The summed E-state index contributed by atoms with van der Waals surface area (Å²) in [5.41, 5.74) is 7.22. The molecule has 0 amide bonds.